The maximum atomic E-state index is 10.6. The molecule has 0 bridgehead atoms. The summed E-state index contributed by atoms with van der Waals surface area (Å²) in [5, 5.41) is 9.21. The number of benzene rings is 1. The van der Waals surface area contributed by atoms with E-state index >= 15 is 0 Å². The van der Waals surface area contributed by atoms with Crippen molar-refractivity contribution in [2.75, 3.05) is 19.8 Å². The van der Waals surface area contributed by atoms with E-state index in [-0.39, 0.29) is 25.1 Å². The molecule has 4 unspecified atom stereocenters. The van der Waals surface area contributed by atoms with Gasteiger partial charge >= 0.3 is 7.15 Å². The molecule has 4 atom stereocenters. The van der Waals surface area contributed by atoms with E-state index in [2.05, 4.69) is 0 Å². The molecule has 0 aliphatic carbocycles. The summed E-state index contributed by atoms with van der Waals surface area (Å²) in [5.74, 6) is 0. The van der Waals surface area contributed by atoms with E-state index in [1.165, 1.54) is 0 Å². The highest BCUT2D eigenvalue weighted by Crippen LogP contribution is 2.24. The zero-order valence-electron chi connectivity index (χ0n) is 10.1. The lowest BCUT2D eigenvalue weighted by atomic mass is 10.4. The smallest absolute Gasteiger partial charge is 0.393 e. The third kappa shape index (κ3) is 5.53. The number of rotatable bonds is 5. The molecule has 0 spiro atoms. The minimum absolute atomic E-state index is 0.0518. The summed E-state index contributed by atoms with van der Waals surface area (Å²) in [5.41, 5.74) is 0. The highest BCUT2D eigenvalue weighted by Gasteiger charge is 2.40. The molecule has 2 aliphatic rings. The Kier molecular flexibility index (Phi) is 5.70. The summed E-state index contributed by atoms with van der Waals surface area (Å²) in [4.78, 5) is 0. The molecule has 0 amide bonds. The quantitative estimate of drug-likeness (QED) is 0.658. The summed E-state index contributed by atoms with van der Waals surface area (Å²) < 4.78 is 25.6. The van der Waals surface area contributed by atoms with Crippen LogP contribution in [0.25, 0.3) is 0 Å². The molecule has 0 saturated carbocycles. The summed E-state index contributed by atoms with van der Waals surface area (Å²) in [6, 6.07) is 8.96. The van der Waals surface area contributed by atoms with Gasteiger partial charge in [-0.05, 0) is 16.7 Å². The van der Waals surface area contributed by atoms with Crippen molar-refractivity contribution in [3.05, 3.63) is 30.3 Å². The number of epoxide rings is 2. The predicted molar refractivity (Wildman–Crippen MR) is 71.0 cm³/mol. The van der Waals surface area contributed by atoms with Crippen LogP contribution in [0.15, 0.2) is 30.3 Å². The summed E-state index contributed by atoms with van der Waals surface area (Å²) in [6.07, 6.45) is 0.0245. The van der Waals surface area contributed by atoms with Crippen molar-refractivity contribution in [3.63, 3.8) is 0 Å². The molecule has 2 heterocycles. The lowest BCUT2D eigenvalue weighted by Crippen LogP contribution is -2.08. The van der Waals surface area contributed by atoms with Crippen LogP contribution in [0, 0.1) is 0 Å². The van der Waals surface area contributed by atoms with Crippen LogP contribution in [0.3, 0.4) is 0 Å². The number of halogens is 1. The summed E-state index contributed by atoms with van der Waals surface area (Å²) in [7, 11) is -1.67. The van der Waals surface area contributed by atoms with Crippen LogP contribution >= 0.6 is 18.4 Å². The van der Waals surface area contributed by atoms with E-state index in [0.29, 0.717) is 11.9 Å². The van der Waals surface area contributed by atoms with Gasteiger partial charge in [-0.3, -0.25) is 0 Å². The number of aliphatic hydroxyl groups excluding tert-OH is 1. The van der Waals surface area contributed by atoms with Crippen LogP contribution < -0.4 is 5.30 Å². The maximum Gasteiger partial charge on any atom is 0.494 e. The Bertz CT molecular complexity index is 412. The lowest BCUT2D eigenvalue weighted by molar-refractivity contribution is 0.0405. The molecule has 19 heavy (non-hydrogen) atoms. The molecule has 2 fully saturated rings. The van der Waals surface area contributed by atoms with Crippen molar-refractivity contribution >= 4 is 23.7 Å². The first kappa shape index (κ1) is 14.9. The van der Waals surface area contributed by atoms with Crippen LogP contribution in [0.5, 0.6) is 0 Å². The molecule has 0 aromatic heterocycles. The lowest BCUT2D eigenvalue weighted by Gasteiger charge is -1.93. The first-order chi connectivity index (χ1) is 9.20. The van der Waals surface area contributed by atoms with Crippen molar-refractivity contribution in [2.24, 2.45) is 0 Å². The van der Waals surface area contributed by atoms with Crippen LogP contribution in [-0.2, 0) is 18.8 Å². The minimum atomic E-state index is -1.67. The largest absolute Gasteiger partial charge is 0.494 e. The molecule has 7 heteroatoms. The molecule has 3 rings (SSSR count). The topological polar surface area (TPSA) is 71.6 Å². The van der Waals surface area contributed by atoms with Crippen molar-refractivity contribution in [1.29, 1.82) is 0 Å². The van der Waals surface area contributed by atoms with Crippen molar-refractivity contribution < 1.29 is 23.9 Å². The normalized spacial score (nSPS) is 28.1. The number of aliphatic hydroxyl groups is 1. The molecular weight excluding hydrogens is 291 g/mol. The Labute approximate surface area is 117 Å². The number of hydrogen-bond donors (Lipinski definition) is 1. The van der Waals surface area contributed by atoms with Crippen LogP contribution in [-0.4, -0.2) is 43.4 Å². The van der Waals surface area contributed by atoms with Crippen molar-refractivity contribution in [1.82, 2.24) is 0 Å². The monoisotopic (exact) mass is 305 g/mol. The molecule has 5 nitrogen and oxygen atoms in total. The van der Waals surface area contributed by atoms with E-state index in [9.17, 15) is 4.57 Å². The molecule has 1 aromatic rings. The first-order valence-corrected chi connectivity index (χ1v) is 8.04. The van der Waals surface area contributed by atoms with Gasteiger partial charge in [0, 0.05) is 0 Å². The first-order valence-electron chi connectivity index (χ1n) is 5.88. The van der Waals surface area contributed by atoms with Crippen molar-refractivity contribution in [3.8, 4) is 0 Å². The Morgan fingerprint density at radius 1 is 1.42 bits per heavy atom. The standard InChI is InChI=1S/C6H5ClOP.C6H10O4/c7-9(8)6-4-2-1-3-5-6;7-1-5-6(10-5)9-3-4-2-8-4/h1-5H;4-7H,1-3H2/q+1;. The highest BCUT2D eigenvalue weighted by molar-refractivity contribution is 7.80. The van der Waals surface area contributed by atoms with Gasteiger partial charge in [0.2, 0.25) is 16.5 Å². The zero-order chi connectivity index (χ0) is 13.7. The molecule has 1 aromatic carbocycles. The zero-order valence-corrected chi connectivity index (χ0v) is 11.8. The second kappa shape index (κ2) is 7.29. The molecule has 0 radical (unpaired) electrons. The van der Waals surface area contributed by atoms with Crippen LogP contribution in [0.4, 0.5) is 0 Å². The summed E-state index contributed by atoms with van der Waals surface area (Å²) in [6.45, 7) is 1.45. The van der Waals surface area contributed by atoms with Gasteiger partial charge in [-0.1, -0.05) is 18.2 Å². The van der Waals surface area contributed by atoms with Gasteiger partial charge < -0.3 is 19.3 Å². The van der Waals surface area contributed by atoms with E-state index in [0.717, 1.165) is 6.61 Å². The van der Waals surface area contributed by atoms with Gasteiger partial charge in [0.15, 0.2) is 6.29 Å². The Balaban J connectivity index is 0.000000141. The highest BCUT2D eigenvalue weighted by atomic mass is 35.7. The fourth-order valence-electron chi connectivity index (χ4n) is 1.31. The molecule has 2 aliphatic heterocycles. The van der Waals surface area contributed by atoms with Gasteiger partial charge in [-0.15, -0.1) is 0 Å². The average Bonchev–Trinajstić information content (AvgIpc) is 3.32. The van der Waals surface area contributed by atoms with Crippen molar-refractivity contribution in [2.45, 2.75) is 18.5 Å². The van der Waals surface area contributed by atoms with Gasteiger partial charge in [0.1, 0.15) is 12.2 Å². The molecular formula is C12H15ClO5P+. The number of hydrogen-bond acceptors (Lipinski definition) is 5. The maximum absolute atomic E-state index is 10.6. The van der Waals surface area contributed by atoms with Gasteiger partial charge in [-0.25, -0.2) is 0 Å². The fraction of sp³-hybridized carbons (Fsp3) is 0.500. The van der Waals surface area contributed by atoms with Gasteiger partial charge in [0.25, 0.3) is 0 Å². The second-order valence-electron chi connectivity index (χ2n) is 4.09. The minimum Gasteiger partial charge on any atom is -0.393 e. The summed E-state index contributed by atoms with van der Waals surface area (Å²) >= 11 is 5.31. The van der Waals surface area contributed by atoms with Gasteiger partial charge in [-0.2, -0.15) is 0 Å². The average molecular weight is 306 g/mol. The Morgan fingerprint density at radius 3 is 2.53 bits per heavy atom. The second-order valence-corrected chi connectivity index (χ2v) is 6.02. The third-order valence-corrected chi connectivity index (χ3v) is 3.81. The van der Waals surface area contributed by atoms with Gasteiger partial charge in [0.05, 0.1) is 19.8 Å². The fourth-order valence-corrected chi connectivity index (χ4v) is 2.06. The van der Waals surface area contributed by atoms with Crippen LogP contribution in [0.2, 0.25) is 0 Å². The van der Waals surface area contributed by atoms with E-state index < -0.39 is 7.15 Å². The molecule has 104 valence electrons. The Hall–Kier alpha value is -0.550. The van der Waals surface area contributed by atoms with E-state index in [4.69, 9.17) is 30.6 Å². The predicted octanol–water partition coefficient (Wildman–Crippen LogP) is 1.41. The van der Waals surface area contributed by atoms with E-state index in [1.54, 1.807) is 12.1 Å². The van der Waals surface area contributed by atoms with E-state index in [1.807, 2.05) is 18.2 Å². The SMILES string of the molecule is O=[P+](Cl)c1ccccc1.OCC1OC1OCC1CO1. The number of ether oxygens (including phenoxy) is 3. The molecule has 1 N–H and O–H groups in total. The van der Waals surface area contributed by atoms with Crippen LogP contribution in [0.1, 0.15) is 0 Å². The Morgan fingerprint density at radius 2 is 2.11 bits per heavy atom. The third-order valence-electron chi connectivity index (χ3n) is 2.52. The molecule has 2 saturated heterocycles.